The van der Waals surface area contributed by atoms with Crippen LogP contribution in [-0.2, 0) is 6.42 Å². The Morgan fingerprint density at radius 1 is 1.00 bits per heavy atom. The van der Waals surface area contributed by atoms with Crippen LogP contribution in [0, 0.1) is 11.3 Å². The summed E-state index contributed by atoms with van der Waals surface area (Å²) >= 11 is 0. The molecule has 20 heavy (non-hydrogen) atoms. The van der Waals surface area contributed by atoms with E-state index in [1.54, 1.807) is 0 Å². The quantitative estimate of drug-likeness (QED) is 0.831. The van der Waals surface area contributed by atoms with Gasteiger partial charge in [-0.2, -0.15) is 5.26 Å². The fraction of sp³-hybridized carbons (Fsp3) is 0.588. The Bertz CT molecular complexity index is 351. The number of hydrogen-bond acceptors (Lipinski definition) is 3. The average molecular weight is 275 g/mol. The van der Waals surface area contributed by atoms with E-state index in [9.17, 15) is 0 Å². The van der Waals surface area contributed by atoms with Gasteiger partial charge in [-0.25, -0.2) is 0 Å². The third kappa shape index (κ3) is 8.68. The number of nitrogens with zero attached hydrogens (tertiary/aromatic N) is 2. The molecule has 1 aromatic rings. The molecular weight excluding hydrogens is 246 g/mol. The van der Waals surface area contributed by atoms with Gasteiger partial charge in [-0.3, -0.25) is 0 Å². The van der Waals surface area contributed by atoms with E-state index >= 15 is 0 Å². The topological polar surface area (TPSA) is 53.0 Å². The van der Waals surface area contributed by atoms with Crippen LogP contribution in [0.5, 0.6) is 0 Å². The first-order valence-electron chi connectivity index (χ1n) is 7.63. The first kappa shape index (κ1) is 18.6. The van der Waals surface area contributed by atoms with Crippen LogP contribution in [0.25, 0.3) is 0 Å². The van der Waals surface area contributed by atoms with Crippen LogP contribution in [0.3, 0.4) is 0 Å². The van der Waals surface area contributed by atoms with Crippen LogP contribution >= 0.6 is 0 Å². The monoisotopic (exact) mass is 275 g/mol. The normalized spacial score (nSPS) is 9.80. The molecule has 0 aliphatic rings. The van der Waals surface area contributed by atoms with Crippen LogP contribution in [0.15, 0.2) is 24.3 Å². The molecule has 0 fully saturated rings. The highest BCUT2D eigenvalue weighted by molar-refractivity contribution is 5.31. The first-order chi connectivity index (χ1) is 9.71. The van der Waals surface area contributed by atoms with E-state index in [1.165, 1.54) is 31.5 Å². The predicted octanol–water partition coefficient (Wildman–Crippen LogP) is 3.19. The van der Waals surface area contributed by atoms with Crippen LogP contribution < -0.4 is 5.73 Å². The smallest absolute Gasteiger partial charge is 0.0991 e. The summed E-state index contributed by atoms with van der Waals surface area (Å²) in [5.41, 5.74) is 7.46. The Labute approximate surface area is 124 Å². The molecule has 0 radical (unpaired) electrons. The van der Waals surface area contributed by atoms with Gasteiger partial charge in [0.1, 0.15) is 0 Å². The molecule has 0 bridgehead atoms. The summed E-state index contributed by atoms with van der Waals surface area (Å²) in [5, 5.41) is 8.45. The Morgan fingerprint density at radius 3 is 1.90 bits per heavy atom. The van der Waals surface area contributed by atoms with Crippen molar-refractivity contribution in [3.8, 4) is 6.07 Å². The highest BCUT2D eigenvalue weighted by Crippen LogP contribution is 2.02. The Kier molecular flexibility index (Phi) is 11.8. The van der Waals surface area contributed by atoms with Gasteiger partial charge >= 0.3 is 0 Å². The molecule has 0 aliphatic carbocycles. The van der Waals surface area contributed by atoms with Crippen LogP contribution in [0.2, 0.25) is 0 Å². The highest BCUT2D eigenvalue weighted by atomic mass is 15.1. The number of rotatable bonds is 7. The second-order valence-corrected chi connectivity index (χ2v) is 4.79. The minimum Gasteiger partial charge on any atom is -0.329 e. The van der Waals surface area contributed by atoms with Crippen molar-refractivity contribution in [1.29, 1.82) is 5.26 Å². The molecule has 0 aromatic heterocycles. The summed E-state index contributed by atoms with van der Waals surface area (Å²) in [6.45, 7) is 10.8. The summed E-state index contributed by atoms with van der Waals surface area (Å²) in [6, 6.07) is 9.74. The van der Waals surface area contributed by atoms with Crippen molar-refractivity contribution in [3.63, 3.8) is 0 Å². The molecule has 3 heteroatoms. The maximum atomic E-state index is 8.45. The number of benzene rings is 1. The van der Waals surface area contributed by atoms with Crippen LogP contribution in [-0.4, -0.2) is 31.1 Å². The van der Waals surface area contributed by atoms with Gasteiger partial charge in [0.15, 0.2) is 0 Å². The lowest BCUT2D eigenvalue weighted by molar-refractivity contribution is 0.282. The maximum Gasteiger partial charge on any atom is 0.0991 e. The number of nitriles is 1. The van der Waals surface area contributed by atoms with Gasteiger partial charge in [-0.15, -0.1) is 0 Å². The molecule has 112 valence electrons. The summed E-state index contributed by atoms with van der Waals surface area (Å²) < 4.78 is 0. The van der Waals surface area contributed by atoms with Crippen molar-refractivity contribution in [2.24, 2.45) is 5.73 Å². The van der Waals surface area contributed by atoms with Crippen LogP contribution in [0.4, 0.5) is 0 Å². The molecule has 0 atom stereocenters. The van der Waals surface area contributed by atoms with E-state index in [-0.39, 0.29) is 0 Å². The lowest BCUT2D eigenvalue weighted by Crippen LogP contribution is -2.30. The van der Waals surface area contributed by atoms with Crippen molar-refractivity contribution in [3.05, 3.63) is 35.4 Å². The molecule has 0 saturated heterocycles. The zero-order valence-corrected chi connectivity index (χ0v) is 13.2. The Hall–Kier alpha value is -1.37. The van der Waals surface area contributed by atoms with E-state index in [1.807, 2.05) is 24.3 Å². The fourth-order valence-electron chi connectivity index (χ4n) is 1.97. The highest BCUT2D eigenvalue weighted by Gasteiger charge is 1.98. The number of aryl methyl sites for hydroxylation is 1. The number of hydrogen-bond donors (Lipinski definition) is 1. The third-order valence-electron chi connectivity index (χ3n) is 3.02. The lowest BCUT2D eigenvalue weighted by atomic mass is 10.1. The van der Waals surface area contributed by atoms with E-state index in [4.69, 9.17) is 11.0 Å². The molecule has 0 aliphatic heterocycles. The molecule has 3 nitrogen and oxygen atoms in total. The molecule has 0 heterocycles. The zero-order chi connectivity index (χ0) is 15.2. The molecule has 2 N–H and O–H groups in total. The van der Waals surface area contributed by atoms with Gasteiger partial charge in [-0.05, 0) is 50.0 Å². The van der Waals surface area contributed by atoms with Gasteiger partial charge in [0.25, 0.3) is 0 Å². The molecule has 0 unspecified atom stereocenters. The van der Waals surface area contributed by atoms with Gasteiger partial charge in [0.2, 0.25) is 0 Å². The fourth-order valence-corrected chi connectivity index (χ4v) is 1.97. The minimum atomic E-state index is 0.734. The molecule has 0 saturated carbocycles. The number of nitrogens with two attached hydrogens (primary N) is 1. The van der Waals surface area contributed by atoms with E-state index < -0.39 is 0 Å². The first-order valence-corrected chi connectivity index (χ1v) is 7.63. The van der Waals surface area contributed by atoms with Crippen molar-refractivity contribution < 1.29 is 0 Å². The predicted molar refractivity (Wildman–Crippen MR) is 86.6 cm³/mol. The van der Waals surface area contributed by atoms with Crippen molar-refractivity contribution >= 4 is 0 Å². The summed E-state index contributed by atoms with van der Waals surface area (Å²) in [5.74, 6) is 0. The summed E-state index contributed by atoms with van der Waals surface area (Å²) in [6.07, 6.45) is 3.51. The van der Waals surface area contributed by atoms with Crippen molar-refractivity contribution in [1.82, 2.24) is 4.90 Å². The summed E-state index contributed by atoms with van der Waals surface area (Å²) in [7, 11) is 0. The van der Waals surface area contributed by atoms with Gasteiger partial charge in [-0.1, -0.05) is 32.9 Å². The molecule has 1 aromatic carbocycles. The van der Waals surface area contributed by atoms with Gasteiger partial charge in [0, 0.05) is 13.1 Å². The SMILES string of the molecule is CCCN(CCC)CCN.CCc1ccc(C#N)cc1. The Balaban J connectivity index is 0.000000361. The lowest BCUT2D eigenvalue weighted by Gasteiger charge is -2.19. The minimum absolute atomic E-state index is 0.734. The molecule has 0 amide bonds. The van der Waals surface area contributed by atoms with Gasteiger partial charge < -0.3 is 10.6 Å². The standard InChI is InChI=1S/C9H9N.C8H20N2/c1-2-8-3-5-9(7-10)6-4-8;1-3-6-10(7-4-2)8-5-9/h3-6H,2H2,1H3;3-9H2,1-2H3. The summed E-state index contributed by atoms with van der Waals surface area (Å²) in [4.78, 5) is 2.42. The van der Waals surface area contributed by atoms with E-state index in [0.717, 1.165) is 25.1 Å². The van der Waals surface area contributed by atoms with E-state index in [0.29, 0.717) is 0 Å². The molecule has 1 rings (SSSR count). The molecular formula is C17H29N3. The molecule has 0 spiro atoms. The average Bonchev–Trinajstić information content (AvgIpc) is 2.49. The van der Waals surface area contributed by atoms with Gasteiger partial charge in [0.05, 0.1) is 11.6 Å². The van der Waals surface area contributed by atoms with Crippen molar-refractivity contribution in [2.45, 2.75) is 40.0 Å². The second-order valence-electron chi connectivity index (χ2n) is 4.79. The third-order valence-corrected chi connectivity index (χ3v) is 3.02. The zero-order valence-electron chi connectivity index (χ0n) is 13.2. The Morgan fingerprint density at radius 2 is 1.55 bits per heavy atom. The maximum absolute atomic E-state index is 8.45. The second kappa shape index (κ2) is 12.7. The largest absolute Gasteiger partial charge is 0.329 e. The van der Waals surface area contributed by atoms with E-state index in [2.05, 4.69) is 31.7 Å². The van der Waals surface area contributed by atoms with Crippen LogP contribution in [0.1, 0.15) is 44.7 Å². The van der Waals surface area contributed by atoms with Crippen molar-refractivity contribution in [2.75, 3.05) is 26.2 Å².